The van der Waals surface area contributed by atoms with E-state index in [-0.39, 0.29) is 5.57 Å². The van der Waals surface area contributed by atoms with Gasteiger partial charge in [0.2, 0.25) is 0 Å². The summed E-state index contributed by atoms with van der Waals surface area (Å²) in [4.78, 5) is 12.6. The molecule has 3 nitrogen and oxygen atoms in total. The quantitative estimate of drug-likeness (QED) is 0.773. The maximum Gasteiger partial charge on any atom is 0.330 e. The molecular formula is C13H17NO2. The molecule has 0 aliphatic heterocycles. The molecule has 0 spiro atoms. The number of hydrogen-bond acceptors (Lipinski definition) is 2. The number of hydrogen-bond donors (Lipinski definition) is 1. The molecule has 0 amide bonds. The van der Waals surface area contributed by atoms with Crippen LogP contribution in [0.25, 0.3) is 0 Å². The average Bonchev–Trinajstić information content (AvgIpc) is 2.26. The van der Waals surface area contributed by atoms with Gasteiger partial charge >= 0.3 is 5.97 Å². The van der Waals surface area contributed by atoms with E-state index in [9.17, 15) is 4.79 Å². The Morgan fingerprint density at radius 2 is 1.88 bits per heavy atom. The van der Waals surface area contributed by atoms with Crippen LogP contribution in [0.3, 0.4) is 0 Å². The number of carboxylic acids is 1. The Hall–Kier alpha value is -1.77. The third-order valence-corrected chi connectivity index (χ3v) is 2.47. The van der Waals surface area contributed by atoms with Crippen LogP contribution >= 0.6 is 0 Å². The molecule has 0 aliphatic rings. The Kier molecular flexibility index (Phi) is 4.11. The molecule has 86 valence electrons. The van der Waals surface area contributed by atoms with Crippen molar-refractivity contribution in [1.82, 2.24) is 0 Å². The normalized spacial score (nSPS) is 9.88. The Labute approximate surface area is 96.0 Å². The topological polar surface area (TPSA) is 40.5 Å². The Morgan fingerprint density at radius 1 is 1.31 bits per heavy atom. The zero-order chi connectivity index (χ0) is 12.1. The van der Waals surface area contributed by atoms with Crippen LogP contribution in [0.15, 0.2) is 36.4 Å². The number of rotatable bonds is 5. The number of benzene rings is 1. The largest absolute Gasteiger partial charge is 0.478 e. The summed E-state index contributed by atoms with van der Waals surface area (Å²) in [6.45, 7) is 3.51. The molecule has 0 radical (unpaired) electrons. The number of carbonyl (C=O) groups is 1. The first kappa shape index (κ1) is 12.3. The molecule has 0 unspecified atom stereocenters. The maximum atomic E-state index is 10.6. The van der Waals surface area contributed by atoms with Gasteiger partial charge in [0.05, 0.1) is 0 Å². The number of anilines is 1. The van der Waals surface area contributed by atoms with Crippen molar-refractivity contribution in [2.45, 2.75) is 12.8 Å². The molecule has 16 heavy (non-hydrogen) atoms. The van der Waals surface area contributed by atoms with Gasteiger partial charge in [0.1, 0.15) is 0 Å². The Bertz CT molecular complexity index is 379. The SMILES string of the molecule is C=C(CCc1ccc(N(C)C)cc1)C(=O)O. The van der Waals surface area contributed by atoms with E-state index in [4.69, 9.17) is 5.11 Å². The minimum Gasteiger partial charge on any atom is -0.478 e. The van der Waals surface area contributed by atoms with Crippen LogP contribution in [-0.4, -0.2) is 25.2 Å². The molecule has 1 rings (SSSR count). The van der Waals surface area contributed by atoms with Crippen LogP contribution in [0.5, 0.6) is 0 Å². The molecule has 0 atom stereocenters. The molecule has 3 heteroatoms. The lowest BCUT2D eigenvalue weighted by atomic mass is 10.1. The van der Waals surface area contributed by atoms with Crippen molar-refractivity contribution in [3.8, 4) is 0 Å². The van der Waals surface area contributed by atoms with E-state index in [0.717, 1.165) is 17.7 Å². The highest BCUT2D eigenvalue weighted by atomic mass is 16.4. The van der Waals surface area contributed by atoms with Crippen molar-refractivity contribution in [2.75, 3.05) is 19.0 Å². The number of nitrogens with zero attached hydrogens (tertiary/aromatic N) is 1. The lowest BCUT2D eigenvalue weighted by Gasteiger charge is -2.12. The molecule has 0 saturated heterocycles. The van der Waals surface area contributed by atoms with Crippen molar-refractivity contribution in [1.29, 1.82) is 0 Å². The van der Waals surface area contributed by atoms with E-state index in [1.807, 2.05) is 43.3 Å². The minimum absolute atomic E-state index is 0.261. The summed E-state index contributed by atoms with van der Waals surface area (Å²) in [5, 5.41) is 8.67. The van der Waals surface area contributed by atoms with Crippen molar-refractivity contribution in [2.24, 2.45) is 0 Å². The van der Waals surface area contributed by atoms with Gasteiger partial charge in [0.25, 0.3) is 0 Å². The predicted octanol–water partition coefficient (Wildman–Crippen LogP) is 2.33. The van der Waals surface area contributed by atoms with Gasteiger partial charge in [-0.3, -0.25) is 0 Å². The molecular weight excluding hydrogens is 202 g/mol. The minimum atomic E-state index is -0.912. The molecule has 0 bridgehead atoms. The van der Waals surface area contributed by atoms with Crippen LogP contribution in [0, 0.1) is 0 Å². The van der Waals surface area contributed by atoms with Gasteiger partial charge in [-0.15, -0.1) is 0 Å². The molecule has 1 aromatic carbocycles. The maximum absolute atomic E-state index is 10.6. The molecule has 0 heterocycles. The van der Waals surface area contributed by atoms with E-state index >= 15 is 0 Å². The first-order valence-electron chi connectivity index (χ1n) is 5.18. The summed E-state index contributed by atoms with van der Waals surface area (Å²) < 4.78 is 0. The fraction of sp³-hybridized carbons (Fsp3) is 0.308. The molecule has 0 saturated carbocycles. The van der Waals surface area contributed by atoms with Crippen molar-refractivity contribution >= 4 is 11.7 Å². The van der Waals surface area contributed by atoms with Gasteiger partial charge < -0.3 is 10.0 Å². The highest BCUT2D eigenvalue weighted by Gasteiger charge is 2.04. The van der Waals surface area contributed by atoms with Crippen molar-refractivity contribution < 1.29 is 9.90 Å². The second-order valence-corrected chi connectivity index (χ2v) is 3.97. The summed E-state index contributed by atoms with van der Waals surface area (Å²) in [5.41, 5.74) is 2.53. The smallest absolute Gasteiger partial charge is 0.330 e. The first-order valence-corrected chi connectivity index (χ1v) is 5.18. The van der Waals surface area contributed by atoms with E-state index in [1.54, 1.807) is 0 Å². The summed E-state index contributed by atoms with van der Waals surface area (Å²) in [7, 11) is 3.97. The van der Waals surface area contributed by atoms with Crippen LogP contribution in [-0.2, 0) is 11.2 Å². The molecule has 0 aliphatic carbocycles. The highest BCUT2D eigenvalue weighted by Crippen LogP contribution is 2.14. The highest BCUT2D eigenvalue weighted by molar-refractivity contribution is 5.85. The Morgan fingerprint density at radius 3 is 2.31 bits per heavy atom. The van der Waals surface area contributed by atoms with Crippen molar-refractivity contribution in [3.63, 3.8) is 0 Å². The zero-order valence-corrected chi connectivity index (χ0v) is 9.73. The van der Waals surface area contributed by atoms with Gasteiger partial charge in [0, 0.05) is 25.4 Å². The zero-order valence-electron chi connectivity index (χ0n) is 9.73. The van der Waals surface area contributed by atoms with E-state index < -0.39 is 5.97 Å². The molecule has 1 N–H and O–H groups in total. The van der Waals surface area contributed by atoms with Gasteiger partial charge in [-0.25, -0.2) is 4.79 Å². The number of carboxylic acid groups (broad SMARTS) is 1. The number of aryl methyl sites for hydroxylation is 1. The van der Waals surface area contributed by atoms with E-state index in [1.165, 1.54) is 0 Å². The van der Waals surface area contributed by atoms with Gasteiger partial charge in [0.15, 0.2) is 0 Å². The molecule has 0 aromatic heterocycles. The second-order valence-electron chi connectivity index (χ2n) is 3.97. The molecule has 1 aromatic rings. The monoisotopic (exact) mass is 219 g/mol. The Balaban J connectivity index is 2.56. The fourth-order valence-electron chi connectivity index (χ4n) is 1.36. The standard InChI is InChI=1S/C13H17NO2/c1-10(13(15)16)4-5-11-6-8-12(9-7-11)14(2)3/h6-9H,1,4-5H2,2-3H3,(H,15,16). The van der Waals surface area contributed by atoms with Crippen molar-refractivity contribution in [3.05, 3.63) is 42.0 Å². The van der Waals surface area contributed by atoms with Crippen LogP contribution < -0.4 is 4.90 Å². The summed E-state index contributed by atoms with van der Waals surface area (Å²) in [6.07, 6.45) is 1.22. The van der Waals surface area contributed by atoms with E-state index in [2.05, 4.69) is 6.58 Å². The molecule has 0 fully saturated rings. The third kappa shape index (κ3) is 3.42. The van der Waals surface area contributed by atoms with Crippen LogP contribution in [0.2, 0.25) is 0 Å². The lowest BCUT2D eigenvalue weighted by molar-refractivity contribution is -0.132. The van der Waals surface area contributed by atoms with Gasteiger partial charge in [-0.05, 0) is 30.5 Å². The fourth-order valence-corrected chi connectivity index (χ4v) is 1.36. The first-order chi connectivity index (χ1) is 7.50. The number of aliphatic carboxylic acids is 1. The second kappa shape index (κ2) is 5.35. The van der Waals surface area contributed by atoms with E-state index in [0.29, 0.717) is 6.42 Å². The average molecular weight is 219 g/mol. The third-order valence-electron chi connectivity index (χ3n) is 2.47. The summed E-state index contributed by atoms with van der Waals surface area (Å²) in [6, 6.07) is 8.09. The predicted molar refractivity (Wildman–Crippen MR) is 65.9 cm³/mol. The van der Waals surface area contributed by atoms with Gasteiger partial charge in [-0.1, -0.05) is 18.7 Å². The summed E-state index contributed by atoms with van der Waals surface area (Å²) >= 11 is 0. The summed E-state index contributed by atoms with van der Waals surface area (Å²) in [5.74, 6) is -0.912. The van der Waals surface area contributed by atoms with Crippen LogP contribution in [0.1, 0.15) is 12.0 Å². The van der Waals surface area contributed by atoms with Crippen LogP contribution in [0.4, 0.5) is 5.69 Å². The lowest BCUT2D eigenvalue weighted by Crippen LogP contribution is -2.08. The van der Waals surface area contributed by atoms with Gasteiger partial charge in [-0.2, -0.15) is 0 Å².